The molecule has 6 heteroatoms. The number of hydrogen-bond acceptors (Lipinski definition) is 4. The Labute approximate surface area is 171 Å². The highest BCUT2D eigenvalue weighted by atomic mass is 16.4. The predicted octanol–water partition coefficient (Wildman–Crippen LogP) is 4.77. The third-order valence-corrected chi connectivity index (χ3v) is 4.86. The molecule has 3 rings (SSSR count). The molecule has 29 heavy (non-hydrogen) atoms. The van der Waals surface area contributed by atoms with E-state index in [2.05, 4.69) is 18.8 Å². The van der Waals surface area contributed by atoms with Crippen molar-refractivity contribution < 1.29 is 9.90 Å². The van der Waals surface area contributed by atoms with E-state index in [9.17, 15) is 9.90 Å². The number of rotatable bonds is 10. The van der Waals surface area contributed by atoms with Gasteiger partial charge in [-0.25, -0.2) is 14.5 Å². The maximum Gasteiger partial charge on any atom is 0.336 e. The molecule has 1 N–H and O–H groups in total. The van der Waals surface area contributed by atoms with Gasteiger partial charge < -0.3 is 5.11 Å². The molecule has 2 heterocycles. The Bertz CT molecular complexity index is 948. The van der Waals surface area contributed by atoms with Gasteiger partial charge >= 0.3 is 5.97 Å². The Morgan fingerprint density at radius 1 is 1.03 bits per heavy atom. The number of carbonyl (C=O) groups is 1. The van der Waals surface area contributed by atoms with Crippen LogP contribution in [-0.2, 0) is 19.4 Å². The highest BCUT2D eigenvalue weighted by Crippen LogP contribution is 2.22. The molecule has 0 amide bonds. The third-order valence-electron chi connectivity index (χ3n) is 4.86. The minimum atomic E-state index is -0.950. The Kier molecular flexibility index (Phi) is 7.11. The SMILES string of the molecule is CCCCCc1nc(CCC)n(Cc2ccc(-c3ccccc3C(=O)O)nc2)n1. The van der Waals surface area contributed by atoms with E-state index in [1.807, 2.05) is 22.9 Å². The van der Waals surface area contributed by atoms with Gasteiger partial charge in [0.15, 0.2) is 5.82 Å². The van der Waals surface area contributed by atoms with Crippen LogP contribution in [-0.4, -0.2) is 30.8 Å². The largest absolute Gasteiger partial charge is 0.478 e. The Hall–Kier alpha value is -3.02. The van der Waals surface area contributed by atoms with Gasteiger partial charge in [-0.15, -0.1) is 0 Å². The molecule has 0 bridgehead atoms. The maximum atomic E-state index is 11.5. The Balaban J connectivity index is 1.78. The number of benzene rings is 1. The number of unbranched alkanes of at least 4 members (excludes halogenated alkanes) is 2. The van der Waals surface area contributed by atoms with Crippen molar-refractivity contribution in [2.24, 2.45) is 0 Å². The third kappa shape index (κ3) is 5.28. The molecule has 0 saturated carbocycles. The lowest BCUT2D eigenvalue weighted by atomic mass is 10.0. The summed E-state index contributed by atoms with van der Waals surface area (Å²) in [5.41, 5.74) is 2.55. The van der Waals surface area contributed by atoms with Crippen LogP contribution >= 0.6 is 0 Å². The van der Waals surface area contributed by atoms with E-state index < -0.39 is 5.97 Å². The van der Waals surface area contributed by atoms with Crippen molar-refractivity contribution in [1.82, 2.24) is 19.7 Å². The molecule has 0 atom stereocenters. The molecule has 0 aliphatic rings. The lowest BCUT2D eigenvalue weighted by Crippen LogP contribution is -2.07. The molecule has 0 spiro atoms. The van der Waals surface area contributed by atoms with Gasteiger partial charge in [-0.2, -0.15) is 5.10 Å². The molecule has 152 valence electrons. The molecule has 3 aromatic rings. The second-order valence-corrected chi connectivity index (χ2v) is 7.21. The fourth-order valence-corrected chi connectivity index (χ4v) is 3.34. The fourth-order valence-electron chi connectivity index (χ4n) is 3.34. The number of nitrogens with zero attached hydrogens (tertiary/aromatic N) is 4. The number of aromatic carboxylic acids is 1. The summed E-state index contributed by atoms with van der Waals surface area (Å²) in [5.74, 6) is 0.982. The van der Waals surface area contributed by atoms with Crippen LogP contribution in [0.5, 0.6) is 0 Å². The minimum Gasteiger partial charge on any atom is -0.478 e. The number of aromatic nitrogens is 4. The monoisotopic (exact) mass is 392 g/mol. The smallest absolute Gasteiger partial charge is 0.336 e. The minimum absolute atomic E-state index is 0.256. The predicted molar refractivity (Wildman–Crippen MR) is 113 cm³/mol. The number of pyridine rings is 1. The quantitative estimate of drug-likeness (QED) is 0.503. The lowest BCUT2D eigenvalue weighted by Gasteiger charge is -2.08. The van der Waals surface area contributed by atoms with Gasteiger partial charge in [-0.05, 0) is 30.5 Å². The molecule has 0 saturated heterocycles. The van der Waals surface area contributed by atoms with Gasteiger partial charge in [-0.1, -0.05) is 51.0 Å². The summed E-state index contributed by atoms with van der Waals surface area (Å²) >= 11 is 0. The Morgan fingerprint density at radius 2 is 1.86 bits per heavy atom. The molecule has 0 radical (unpaired) electrons. The van der Waals surface area contributed by atoms with Crippen LogP contribution in [0.25, 0.3) is 11.3 Å². The molecule has 0 unspecified atom stereocenters. The van der Waals surface area contributed by atoms with E-state index in [1.165, 1.54) is 12.8 Å². The first-order valence-corrected chi connectivity index (χ1v) is 10.3. The van der Waals surface area contributed by atoms with Crippen molar-refractivity contribution in [2.45, 2.75) is 58.9 Å². The summed E-state index contributed by atoms with van der Waals surface area (Å²) in [4.78, 5) is 20.7. The molecule has 0 aliphatic heterocycles. The first kappa shape index (κ1) is 20.7. The summed E-state index contributed by atoms with van der Waals surface area (Å²) in [6.07, 6.45) is 8.13. The molecule has 1 aromatic carbocycles. The van der Waals surface area contributed by atoms with Crippen molar-refractivity contribution in [1.29, 1.82) is 0 Å². The van der Waals surface area contributed by atoms with Crippen molar-refractivity contribution in [3.63, 3.8) is 0 Å². The molecule has 6 nitrogen and oxygen atoms in total. The highest BCUT2D eigenvalue weighted by Gasteiger charge is 2.13. The summed E-state index contributed by atoms with van der Waals surface area (Å²) < 4.78 is 1.98. The van der Waals surface area contributed by atoms with Crippen molar-refractivity contribution >= 4 is 5.97 Å². The normalized spacial score (nSPS) is 11.0. The van der Waals surface area contributed by atoms with Gasteiger partial charge in [0.05, 0.1) is 17.8 Å². The molecule has 0 fully saturated rings. The van der Waals surface area contributed by atoms with E-state index in [1.54, 1.807) is 24.4 Å². The zero-order valence-corrected chi connectivity index (χ0v) is 17.1. The van der Waals surface area contributed by atoms with Crippen LogP contribution < -0.4 is 0 Å². The van der Waals surface area contributed by atoms with Crippen molar-refractivity contribution in [3.8, 4) is 11.3 Å². The van der Waals surface area contributed by atoms with Crippen LogP contribution in [0.2, 0.25) is 0 Å². The van der Waals surface area contributed by atoms with Gasteiger partial charge in [-0.3, -0.25) is 4.98 Å². The second-order valence-electron chi connectivity index (χ2n) is 7.21. The van der Waals surface area contributed by atoms with Crippen LogP contribution in [0.1, 0.15) is 67.1 Å². The Morgan fingerprint density at radius 3 is 2.55 bits per heavy atom. The van der Waals surface area contributed by atoms with E-state index in [-0.39, 0.29) is 5.56 Å². The van der Waals surface area contributed by atoms with E-state index in [0.717, 1.165) is 42.9 Å². The van der Waals surface area contributed by atoms with Gasteiger partial charge in [0.25, 0.3) is 0 Å². The summed E-state index contributed by atoms with van der Waals surface area (Å²) in [6.45, 7) is 4.95. The summed E-state index contributed by atoms with van der Waals surface area (Å²) in [7, 11) is 0. The van der Waals surface area contributed by atoms with Gasteiger partial charge in [0.2, 0.25) is 0 Å². The van der Waals surface area contributed by atoms with Crippen molar-refractivity contribution in [2.75, 3.05) is 0 Å². The standard InChI is InChI=1S/C23H28N4O2/c1-3-5-6-12-21-25-22(9-4-2)27(26-21)16-17-13-14-20(24-15-17)18-10-7-8-11-19(18)23(28)29/h7-8,10-11,13-15H,3-6,9,12,16H2,1-2H3,(H,28,29). The van der Waals surface area contributed by atoms with Gasteiger partial charge in [0.1, 0.15) is 5.82 Å². The highest BCUT2D eigenvalue weighted by molar-refractivity contribution is 5.95. The maximum absolute atomic E-state index is 11.5. The van der Waals surface area contributed by atoms with E-state index >= 15 is 0 Å². The number of carboxylic acids is 1. The average molecular weight is 393 g/mol. The first-order valence-electron chi connectivity index (χ1n) is 10.3. The topological polar surface area (TPSA) is 80.9 Å². The lowest BCUT2D eigenvalue weighted by molar-refractivity contribution is 0.0697. The molecule has 2 aromatic heterocycles. The van der Waals surface area contributed by atoms with Crippen LogP contribution in [0.4, 0.5) is 0 Å². The van der Waals surface area contributed by atoms with Gasteiger partial charge in [0, 0.05) is 24.6 Å². The number of aryl methyl sites for hydroxylation is 2. The summed E-state index contributed by atoms with van der Waals surface area (Å²) in [6, 6.07) is 10.8. The zero-order valence-electron chi connectivity index (χ0n) is 17.1. The molecular weight excluding hydrogens is 364 g/mol. The number of carboxylic acid groups (broad SMARTS) is 1. The van der Waals surface area contributed by atoms with E-state index in [4.69, 9.17) is 10.1 Å². The van der Waals surface area contributed by atoms with Crippen LogP contribution in [0, 0.1) is 0 Å². The second kappa shape index (κ2) is 9.96. The molecular formula is C23H28N4O2. The van der Waals surface area contributed by atoms with Crippen LogP contribution in [0.15, 0.2) is 42.6 Å². The fraction of sp³-hybridized carbons (Fsp3) is 0.391. The molecule has 0 aliphatic carbocycles. The average Bonchev–Trinajstić information content (AvgIpc) is 3.10. The van der Waals surface area contributed by atoms with E-state index in [0.29, 0.717) is 17.8 Å². The van der Waals surface area contributed by atoms with Crippen LogP contribution in [0.3, 0.4) is 0 Å². The number of hydrogen-bond donors (Lipinski definition) is 1. The first-order chi connectivity index (χ1) is 14.1. The summed E-state index contributed by atoms with van der Waals surface area (Å²) in [5, 5.41) is 14.1. The zero-order chi connectivity index (χ0) is 20.6. The van der Waals surface area contributed by atoms with Crippen molar-refractivity contribution in [3.05, 3.63) is 65.4 Å².